The van der Waals surface area contributed by atoms with Crippen molar-refractivity contribution in [3.05, 3.63) is 53.9 Å². The number of morpholine rings is 1. The average Bonchev–Trinajstić information content (AvgIpc) is 3.24. The molecule has 0 unspecified atom stereocenters. The molecule has 8 nitrogen and oxygen atoms in total. The van der Waals surface area contributed by atoms with Gasteiger partial charge in [-0.15, -0.1) is 0 Å². The van der Waals surface area contributed by atoms with Crippen LogP contribution in [0.5, 0.6) is 0 Å². The summed E-state index contributed by atoms with van der Waals surface area (Å²) in [6.07, 6.45) is 1.75. The summed E-state index contributed by atoms with van der Waals surface area (Å²) in [6.45, 7) is 6.17. The average molecular weight is 416 g/mol. The molecule has 1 fully saturated rings. The summed E-state index contributed by atoms with van der Waals surface area (Å²) >= 11 is 0. The number of aryl methyl sites for hydroxylation is 1. The Kier molecular flexibility index (Phi) is 5.09. The van der Waals surface area contributed by atoms with Gasteiger partial charge in [-0.3, -0.25) is 5.10 Å². The van der Waals surface area contributed by atoms with E-state index in [1.807, 2.05) is 43.3 Å². The number of benzene rings is 1. The number of aromatic nitrogens is 5. The Hall–Kier alpha value is -3.36. The molecule has 0 spiro atoms. The summed E-state index contributed by atoms with van der Waals surface area (Å²) in [5.41, 5.74) is 4.99. The van der Waals surface area contributed by atoms with Crippen LogP contribution in [0.3, 0.4) is 0 Å². The van der Waals surface area contributed by atoms with E-state index in [1.54, 1.807) is 6.20 Å². The number of rotatable bonds is 4. The van der Waals surface area contributed by atoms with Crippen molar-refractivity contribution in [2.24, 2.45) is 0 Å². The van der Waals surface area contributed by atoms with Gasteiger partial charge in [0.05, 0.1) is 48.7 Å². The molecule has 1 aliphatic heterocycles. The van der Waals surface area contributed by atoms with E-state index in [1.165, 1.54) is 0 Å². The molecule has 1 aliphatic rings. The van der Waals surface area contributed by atoms with Gasteiger partial charge in [-0.1, -0.05) is 18.2 Å². The maximum atomic E-state index is 9.49. The van der Waals surface area contributed by atoms with Crippen molar-refractivity contribution in [2.75, 3.05) is 24.7 Å². The Labute approximate surface area is 179 Å². The van der Waals surface area contributed by atoms with Gasteiger partial charge in [0.2, 0.25) is 0 Å². The number of anilines is 1. The third kappa shape index (κ3) is 3.64. The topological polar surface area (TPSA) is 100 Å². The van der Waals surface area contributed by atoms with Crippen molar-refractivity contribution in [1.82, 2.24) is 25.1 Å². The zero-order chi connectivity index (χ0) is 21.4. The van der Waals surface area contributed by atoms with E-state index >= 15 is 0 Å². The molecule has 4 aromatic rings. The molecule has 5 rings (SSSR count). The Bertz CT molecular complexity index is 1240. The summed E-state index contributed by atoms with van der Waals surface area (Å²) in [5.74, 6) is 1.46. The van der Waals surface area contributed by atoms with Crippen molar-refractivity contribution in [3.63, 3.8) is 0 Å². The van der Waals surface area contributed by atoms with Crippen LogP contribution in [0.15, 0.2) is 42.6 Å². The molecule has 0 bridgehead atoms. The van der Waals surface area contributed by atoms with Gasteiger partial charge in [-0.2, -0.15) is 5.10 Å². The molecular formula is C23H24N6O2. The number of nitrogens with one attached hydrogen (secondary N) is 1. The Morgan fingerprint density at radius 3 is 2.87 bits per heavy atom. The largest absolute Gasteiger partial charge is 0.392 e. The first-order valence-electron chi connectivity index (χ1n) is 10.4. The number of H-pyrrole nitrogens is 1. The summed E-state index contributed by atoms with van der Waals surface area (Å²) < 4.78 is 5.63. The highest BCUT2D eigenvalue weighted by molar-refractivity contribution is 5.90. The molecule has 8 heteroatoms. The molecule has 1 atom stereocenters. The quantitative estimate of drug-likeness (QED) is 0.527. The van der Waals surface area contributed by atoms with Gasteiger partial charge >= 0.3 is 0 Å². The van der Waals surface area contributed by atoms with Gasteiger partial charge in [0.1, 0.15) is 5.82 Å². The maximum Gasteiger partial charge on any atom is 0.167 e. The zero-order valence-corrected chi connectivity index (χ0v) is 17.5. The highest BCUT2D eigenvalue weighted by atomic mass is 16.5. The summed E-state index contributed by atoms with van der Waals surface area (Å²) in [5, 5.41) is 17.5. The Morgan fingerprint density at radius 2 is 2.10 bits per heavy atom. The first kappa shape index (κ1) is 19.6. The van der Waals surface area contributed by atoms with Gasteiger partial charge in [0, 0.05) is 17.8 Å². The SMILES string of the molecule is Cc1[nH]ncc1-c1nc(N2CCOC[C@@H]2C)c2ccc(-c3cccc(CO)c3)nc2n1. The first-order valence-corrected chi connectivity index (χ1v) is 10.4. The molecule has 0 radical (unpaired) electrons. The molecule has 1 saturated heterocycles. The highest BCUT2D eigenvalue weighted by Gasteiger charge is 2.24. The van der Waals surface area contributed by atoms with Crippen LogP contribution in [0, 0.1) is 6.92 Å². The standard InChI is InChI=1S/C23H24N6O2/c1-14-13-31-9-8-29(14)23-18-6-7-20(17-5-3-4-16(10-17)12-30)25-21(18)26-22(27-23)19-11-24-28-15(19)2/h3-7,10-11,14,30H,8-9,12-13H2,1-2H3,(H,24,28)/t14-/m0/s1. The van der Waals surface area contributed by atoms with Crippen LogP contribution < -0.4 is 4.90 Å². The van der Waals surface area contributed by atoms with E-state index in [0.29, 0.717) is 24.7 Å². The maximum absolute atomic E-state index is 9.49. The first-order chi connectivity index (χ1) is 15.1. The van der Waals surface area contributed by atoms with E-state index < -0.39 is 0 Å². The lowest BCUT2D eigenvalue weighted by Gasteiger charge is -2.35. The molecule has 31 heavy (non-hydrogen) atoms. The van der Waals surface area contributed by atoms with E-state index in [0.717, 1.165) is 45.8 Å². The predicted molar refractivity (Wildman–Crippen MR) is 119 cm³/mol. The van der Waals surface area contributed by atoms with E-state index in [-0.39, 0.29) is 12.6 Å². The third-order valence-corrected chi connectivity index (χ3v) is 5.66. The number of aliphatic hydroxyl groups excluding tert-OH is 1. The summed E-state index contributed by atoms with van der Waals surface area (Å²) in [7, 11) is 0. The van der Waals surface area contributed by atoms with Crippen molar-refractivity contribution in [1.29, 1.82) is 0 Å². The van der Waals surface area contributed by atoms with Gasteiger partial charge < -0.3 is 14.7 Å². The number of ether oxygens (including phenoxy) is 1. The molecule has 0 amide bonds. The lowest BCUT2D eigenvalue weighted by Crippen LogP contribution is -2.44. The fourth-order valence-corrected chi connectivity index (χ4v) is 3.94. The van der Waals surface area contributed by atoms with Crippen LogP contribution in [-0.4, -0.2) is 56.1 Å². The number of hydrogen-bond acceptors (Lipinski definition) is 7. The number of hydrogen-bond donors (Lipinski definition) is 2. The monoisotopic (exact) mass is 416 g/mol. The minimum atomic E-state index is -0.00737. The minimum absolute atomic E-state index is 0.00737. The number of aliphatic hydroxyl groups is 1. The van der Waals surface area contributed by atoms with Crippen LogP contribution in [0.4, 0.5) is 5.82 Å². The number of fused-ring (bicyclic) bond motifs is 1. The second kappa shape index (κ2) is 8.05. The van der Waals surface area contributed by atoms with Gasteiger partial charge in [-0.25, -0.2) is 15.0 Å². The molecule has 2 N–H and O–H groups in total. The van der Waals surface area contributed by atoms with Crippen LogP contribution in [-0.2, 0) is 11.3 Å². The molecule has 0 saturated carbocycles. The smallest absolute Gasteiger partial charge is 0.167 e. The number of aromatic amines is 1. The number of nitrogens with zero attached hydrogens (tertiary/aromatic N) is 5. The van der Waals surface area contributed by atoms with Crippen molar-refractivity contribution in [3.8, 4) is 22.6 Å². The van der Waals surface area contributed by atoms with Crippen LogP contribution in [0.1, 0.15) is 18.2 Å². The van der Waals surface area contributed by atoms with E-state index in [4.69, 9.17) is 19.7 Å². The molecule has 0 aliphatic carbocycles. The minimum Gasteiger partial charge on any atom is -0.392 e. The molecular weight excluding hydrogens is 392 g/mol. The van der Waals surface area contributed by atoms with E-state index in [9.17, 15) is 5.11 Å². The Balaban J connectivity index is 1.70. The van der Waals surface area contributed by atoms with E-state index in [2.05, 4.69) is 22.0 Å². The van der Waals surface area contributed by atoms with Crippen molar-refractivity contribution in [2.45, 2.75) is 26.5 Å². The van der Waals surface area contributed by atoms with Gasteiger partial charge in [0.15, 0.2) is 11.5 Å². The third-order valence-electron chi connectivity index (χ3n) is 5.66. The molecule has 3 aromatic heterocycles. The molecule has 158 valence electrons. The normalized spacial score (nSPS) is 16.7. The van der Waals surface area contributed by atoms with Crippen LogP contribution in [0.2, 0.25) is 0 Å². The Morgan fingerprint density at radius 1 is 1.19 bits per heavy atom. The molecule has 4 heterocycles. The van der Waals surface area contributed by atoms with Crippen LogP contribution in [0.25, 0.3) is 33.7 Å². The van der Waals surface area contributed by atoms with Gasteiger partial charge in [0.25, 0.3) is 0 Å². The molecule has 1 aromatic carbocycles. The fourth-order valence-electron chi connectivity index (χ4n) is 3.94. The summed E-state index contributed by atoms with van der Waals surface area (Å²) in [6, 6.07) is 12.0. The van der Waals surface area contributed by atoms with Crippen molar-refractivity contribution < 1.29 is 9.84 Å². The van der Waals surface area contributed by atoms with Crippen molar-refractivity contribution >= 4 is 16.9 Å². The second-order valence-corrected chi connectivity index (χ2v) is 7.82. The predicted octanol–water partition coefficient (Wildman–Crippen LogP) is 3.11. The second-order valence-electron chi connectivity index (χ2n) is 7.82. The lowest BCUT2D eigenvalue weighted by atomic mass is 10.1. The summed E-state index contributed by atoms with van der Waals surface area (Å²) in [4.78, 5) is 16.9. The lowest BCUT2D eigenvalue weighted by molar-refractivity contribution is 0.0987. The number of pyridine rings is 1. The van der Waals surface area contributed by atoms with Crippen LogP contribution >= 0.6 is 0 Å². The van der Waals surface area contributed by atoms with Gasteiger partial charge in [-0.05, 0) is 37.6 Å². The zero-order valence-electron chi connectivity index (χ0n) is 17.5. The fraction of sp³-hybridized carbons (Fsp3) is 0.304. The highest BCUT2D eigenvalue weighted by Crippen LogP contribution is 2.31.